The van der Waals surface area contributed by atoms with E-state index in [9.17, 15) is 25.4 Å². The minimum atomic E-state index is -1.25. The highest BCUT2D eigenvalue weighted by Gasteiger charge is 2.46. The molecule has 2 atom stereocenters. The summed E-state index contributed by atoms with van der Waals surface area (Å²) in [7, 11) is 0. The number of rotatable bonds is 5. The van der Waals surface area contributed by atoms with E-state index in [0.29, 0.717) is 11.4 Å². The van der Waals surface area contributed by atoms with E-state index in [2.05, 4.69) is 5.10 Å². The molecule has 8 nitrogen and oxygen atoms in total. The second-order valence-corrected chi connectivity index (χ2v) is 6.28. The van der Waals surface area contributed by atoms with Crippen LogP contribution in [0.25, 0.3) is 0 Å². The Morgan fingerprint density at radius 1 is 1.11 bits per heavy atom. The van der Waals surface area contributed by atoms with Crippen molar-refractivity contribution in [3.8, 4) is 12.1 Å². The summed E-state index contributed by atoms with van der Waals surface area (Å²) in [5, 5.41) is 36.0. The molecule has 1 heterocycles. The van der Waals surface area contributed by atoms with E-state index in [0.717, 1.165) is 0 Å². The second-order valence-electron chi connectivity index (χ2n) is 6.28. The van der Waals surface area contributed by atoms with Gasteiger partial charge >= 0.3 is 0 Å². The number of hydrogen-bond acceptors (Lipinski definition) is 6. The zero-order valence-electron chi connectivity index (χ0n) is 14.9. The fourth-order valence-corrected chi connectivity index (χ4v) is 3.42. The first-order chi connectivity index (χ1) is 13.5. The van der Waals surface area contributed by atoms with Crippen molar-refractivity contribution in [3.63, 3.8) is 0 Å². The van der Waals surface area contributed by atoms with E-state index in [1.54, 1.807) is 43.3 Å². The van der Waals surface area contributed by atoms with Crippen LogP contribution < -0.4 is 5.01 Å². The van der Waals surface area contributed by atoms with Crippen LogP contribution in [0.1, 0.15) is 18.4 Å². The Bertz CT molecular complexity index is 1020. The number of amides is 1. The summed E-state index contributed by atoms with van der Waals surface area (Å²) >= 11 is 0. The molecular formula is C20H15N5O3. The highest BCUT2D eigenvalue weighted by Crippen LogP contribution is 2.41. The molecule has 28 heavy (non-hydrogen) atoms. The molecule has 2 aromatic carbocycles. The maximum Gasteiger partial charge on any atom is 0.272 e. The lowest BCUT2D eigenvalue weighted by Crippen LogP contribution is -2.34. The molecule has 0 spiro atoms. The fraction of sp³-hybridized carbons (Fsp3) is 0.200. The van der Waals surface area contributed by atoms with Gasteiger partial charge in [-0.15, -0.1) is 0 Å². The SMILES string of the molecule is CC1=NN(c2ccccc2)C(=O)[C@@H]1[C@H](c1ccccc1[N+](=O)[O-])C(C#N)C#N. The Hall–Kier alpha value is -4.04. The van der Waals surface area contributed by atoms with E-state index in [1.807, 2.05) is 12.1 Å². The second kappa shape index (κ2) is 7.68. The van der Waals surface area contributed by atoms with Crippen LogP contribution in [0.5, 0.6) is 0 Å². The van der Waals surface area contributed by atoms with Crippen molar-refractivity contribution in [2.45, 2.75) is 12.8 Å². The largest absolute Gasteiger partial charge is 0.272 e. The Balaban J connectivity index is 2.12. The van der Waals surface area contributed by atoms with Gasteiger partial charge in [-0.1, -0.05) is 36.4 Å². The lowest BCUT2D eigenvalue weighted by atomic mass is 9.75. The first-order valence-electron chi connectivity index (χ1n) is 8.46. The van der Waals surface area contributed by atoms with Crippen molar-refractivity contribution < 1.29 is 9.72 Å². The monoisotopic (exact) mass is 373 g/mol. The van der Waals surface area contributed by atoms with Gasteiger partial charge in [-0.2, -0.15) is 15.6 Å². The van der Waals surface area contributed by atoms with Gasteiger partial charge in [-0.25, -0.2) is 5.01 Å². The van der Waals surface area contributed by atoms with Crippen molar-refractivity contribution in [1.29, 1.82) is 10.5 Å². The number of anilines is 1. The molecule has 3 rings (SSSR count). The summed E-state index contributed by atoms with van der Waals surface area (Å²) < 4.78 is 0. The quantitative estimate of drug-likeness (QED) is 0.587. The van der Waals surface area contributed by atoms with Gasteiger partial charge in [0.1, 0.15) is 5.92 Å². The van der Waals surface area contributed by atoms with Crippen LogP contribution in [0.3, 0.4) is 0 Å². The van der Waals surface area contributed by atoms with Crippen LogP contribution in [0.2, 0.25) is 0 Å². The van der Waals surface area contributed by atoms with Gasteiger partial charge in [0.25, 0.3) is 11.6 Å². The number of nitriles is 2. The predicted octanol–water partition coefficient (Wildman–Crippen LogP) is 3.38. The number of carbonyl (C=O) groups is 1. The number of para-hydroxylation sites is 2. The molecule has 1 amide bonds. The van der Waals surface area contributed by atoms with Crippen LogP contribution in [-0.4, -0.2) is 16.5 Å². The van der Waals surface area contributed by atoms with Gasteiger partial charge < -0.3 is 0 Å². The van der Waals surface area contributed by atoms with Gasteiger partial charge in [0, 0.05) is 23.3 Å². The Labute approximate surface area is 161 Å². The van der Waals surface area contributed by atoms with Crippen molar-refractivity contribution >= 4 is 23.0 Å². The zero-order chi connectivity index (χ0) is 20.3. The summed E-state index contributed by atoms with van der Waals surface area (Å²) in [6, 6.07) is 18.4. The zero-order valence-corrected chi connectivity index (χ0v) is 14.9. The van der Waals surface area contributed by atoms with Crippen LogP contribution in [-0.2, 0) is 4.79 Å². The molecule has 2 aromatic rings. The molecule has 0 unspecified atom stereocenters. The number of nitro benzene ring substituents is 1. The molecule has 0 saturated heterocycles. The third-order valence-corrected chi connectivity index (χ3v) is 4.67. The van der Waals surface area contributed by atoms with Gasteiger partial charge in [0.05, 0.1) is 28.7 Å². The average molecular weight is 373 g/mol. The molecule has 0 aliphatic carbocycles. The lowest BCUT2D eigenvalue weighted by Gasteiger charge is -2.24. The van der Waals surface area contributed by atoms with Gasteiger partial charge in [-0.3, -0.25) is 14.9 Å². The average Bonchev–Trinajstić information content (AvgIpc) is 3.01. The van der Waals surface area contributed by atoms with Gasteiger partial charge in [0.2, 0.25) is 0 Å². The minimum absolute atomic E-state index is 0.170. The Morgan fingerprint density at radius 2 is 1.71 bits per heavy atom. The number of nitrogens with zero attached hydrogens (tertiary/aromatic N) is 5. The summed E-state index contributed by atoms with van der Waals surface area (Å²) in [4.78, 5) is 24.1. The van der Waals surface area contributed by atoms with E-state index in [1.165, 1.54) is 23.2 Å². The number of nitro groups is 1. The summed E-state index contributed by atoms with van der Waals surface area (Å²) in [5.41, 5.74) is 0.874. The van der Waals surface area contributed by atoms with Crippen LogP contribution >= 0.6 is 0 Å². The van der Waals surface area contributed by atoms with Crippen molar-refractivity contribution in [2.24, 2.45) is 16.9 Å². The predicted molar refractivity (Wildman–Crippen MR) is 101 cm³/mol. The first kappa shape index (κ1) is 18.7. The Morgan fingerprint density at radius 3 is 2.32 bits per heavy atom. The van der Waals surface area contributed by atoms with E-state index in [-0.39, 0.29) is 11.3 Å². The fourth-order valence-electron chi connectivity index (χ4n) is 3.42. The summed E-state index contributed by atoms with van der Waals surface area (Å²) in [6.45, 7) is 1.62. The maximum atomic E-state index is 13.2. The first-order valence-corrected chi connectivity index (χ1v) is 8.46. The molecule has 0 radical (unpaired) electrons. The van der Waals surface area contributed by atoms with Gasteiger partial charge in [-0.05, 0) is 19.1 Å². The standard InChI is InChI=1S/C20H15N5O3/c1-13-18(20(26)24(23-13)15-7-3-2-4-8-15)19(14(11-21)12-22)16-9-5-6-10-17(16)25(27)28/h2-10,14,18-19H,1H3/t18-,19-/m0/s1. The van der Waals surface area contributed by atoms with E-state index < -0.39 is 28.6 Å². The third-order valence-electron chi connectivity index (χ3n) is 4.67. The topological polar surface area (TPSA) is 123 Å². The minimum Gasteiger partial charge on any atom is -0.272 e. The highest BCUT2D eigenvalue weighted by atomic mass is 16.6. The smallest absolute Gasteiger partial charge is 0.272 e. The summed E-state index contributed by atoms with van der Waals surface area (Å²) in [6.07, 6.45) is 0. The van der Waals surface area contributed by atoms with Crippen molar-refractivity contribution in [3.05, 3.63) is 70.3 Å². The number of benzene rings is 2. The molecule has 1 aliphatic heterocycles. The van der Waals surface area contributed by atoms with Crippen molar-refractivity contribution in [2.75, 3.05) is 5.01 Å². The third kappa shape index (κ3) is 3.19. The molecule has 8 heteroatoms. The molecule has 0 fully saturated rings. The molecular weight excluding hydrogens is 358 g/mol. The number of hydrazone groups is 1. The van der Waals surface area contributed by atoms with Crippen molar-refractivity contribution in [1.82, 2.24) is 0 Å². The van der Waals surface area contributed by atoms with Crippen LogP contribution in [0.4, 0.5) is 11.4 Å². The van der Waals surface area contributed by atoms with E-state index in [4.69, 9.17) is 0 Å². The number of hydrogen-bond donors (Lipinski definition) is 0. The molecule has 0 aromatic heterocycles. The lowest BCUT2D eigenvalue weighted by molar-refractivity contribution is -0.385. The molecule has 0 saturated carbocycles. The van der Waals surface area contributed by atoms with Crippen LogP contribution in [0, 0.1) is 44.6 Å². The molecule has 0 N–H and O–H groups in total. The molecule has 0 bridgehead atoms. The normalized spacial score (nSPS) is 17.0. The Kier molecular flexibility index (Phi) is 5.14. The molecule has 1 aliphatic rings. The maximum absolute atomic E-state index is 13.2. The van der Waals surface area contributed by atoms with Crippen LogP contribution in [0.15, 0.2) is 59.7 Å². The van der Waals surface area contributed by atoms with Gasteiger partial charge in [0.15, 0.2) is 0 Å². The molecule has 138 valence electrons. The highest BCUT2D eigenvalue weighted by molar-refractivity contribution is 6.15. The number of carbonyl (C=O) groups excluding carboxylic acids is 1. The van der Waals surface area contributed by atoms with E-state index >= 15 is 0 Å². The summed E-state index contributed by atoms with van der Waals surface area (Å²) in [5.74, 6) is -3.65.